The SMILES string of the molecule is COc1cc(OC)c(/C=N/NC(=O)CSc2nc3ccccc3c(=O)n2-c2ccc(C)cc2)c(OC)c1. The lowest BCUT2D eigenvalue weighted by Gasteiger charge is -2.13. The van der Waals surface area contributed by atoms with Crippen molar-refractivity contribution in [2.45, 2.75) is 12.1 Å². The Hall–Kier alpha value is -4.31. The molecule has 4 aromatic rings. The van der Waals surface area contributed by atoms with Gasteiger partial charge in [0.1, 0.15) is 17.2 Å². The van der Waals surface area contributed by atoms with E-state index in [0.717, 1.165) is 17.3 Å². The molecule has 0 aliphatic carbocycles. The maximum Gasteiger partial charge on any atom is 0.266 e. The number of fused-ring (bicyclic) bond motifs is 1. The Morgan fingerprint density at radius 1 is 1.03 bits per heavy atom. The molecule has 0 radical (unpaired) electrons. The molecule has 1 heterocycles. The number of nitrogens with one attached hydrogen (secondary N) is 1. The van der Waals surface area contributed by atoms with Crippen molar-refractivity contribution in [1.29, 1.82) is 0 Å². The number of amides is 1. The van der Waals surface area contributed by atoms with Crippen LogP contribution in [0.2, 0.25) is 0 Å². The molecule has 0 fully saturated rings. The molecule has 1 N–H and O–H groups in total. The highest BCUT2D eigenvalue weighted by molar-refractivity contribution is 7.99. The number of thioether (sulfide) groups is 1. The average Bonchev–Trinajstić information content (AvgIpc) is 2.92. The first kappa shape index (κ1) is 25.8. The topological polar surface area (TPSA) is 104 Å². The minimum absolute atomic E-state index is 0.00906. The first-order valence-corrected chi connectivity index (χ1v) is 12.3. The summed E-state index contributed by atoms with van der Waals surface area (Å²) in [5.74, 6) is 1.14. The highest BCUT2D eigenvalue weighted by Gasteiger charge is 2.15. The molecular weight excluding hydrogens is 492 g/mol. The van der Waals surface area contributed by atoms with Crippen molar-refractivity contribution in [3.8, 4) is 22.9 Å². The molecule has 37 heavy (non-hydrogen) atoms. The third-order valence-electron chi connectivity index (χ3n) is 5.51. The fourth-order valence-electron chi connectivity index (χ4n) is 3.62. The predicted octanol–water partition coefficient (Wildman–Crippen LogP) is 3.96. The number of carbonyl (C=O) groups is 1. The molecule has 1 amide bonds. The molecule has 1 aromatic heterocycles. The van der Waals surface area contributed by atoms with Crippen LogP contribution >= 0.6 is 11.8 Å². The Morgan fingerprint density at radius 3 is 2.35 bits per heavy atom. The van der Waals surface area contributed by atoms with Crippen LogP contribution in [0.15, 0.2) is 75.7 Å². The summed E-state index contributed by atoms with van der Waals surface area (Å²) in [5.41, 5.74) is 5.16. The van der Waals surface area contributed by atoms with Gasteiger partial charge in [-0.25, -0.2) is 10.4 Å². The van der Waals surface area contributed by atoms with Crippen LogP contribution in [0.25, 0.3) is 16.6 Å². The van der Waals surface area contributed by atoms with Gasteiger partial charge in [-0.15, -0.1) is 0 Å². The van der Waals surface area contributed by atoms with Gasteiger partial charge in [0.2, 0.25) is 0 Å². The van der Waals surface area contributed by atoms with Gasteiger partial charge in [-0.1, -0.05) is 41.6 Å². The first-order valence-electron chi connectivity index (χ1n) is 11.3. The second-order valence-electron chi connectivity index (χ2n) is 7.92. The zero-order valence-corrected chi connectivity index (χ0v) is 21.7. The van der Waals surface area contributed by atoms with Gasteiger partial charge in [-0.05, 0) is 31.2 Å². The van der Waals surface area contributed by atoms with Gasteiger partial charge in [0.15, 0.2) is 5.16 Å². The maximum atomic E-state index is 13.3. The third kappa shape index (κ3) is 5.75. The molecule has 190 valence electrons. The largest absolute Gasteiger partial charge is 0.496 e. The number of methoxy groups -OCH3 is 3. The zero-order chi connectivity index (χ0) is 26.4. The summed E-state index contributed by atoms with van der Waals surface area (Å²) in [6, 6.07) is 18.1. The molecule has 0 saturated carbocycles. The van der Waals surface area contributed by atoms with E-state index in [2.05, 4.69) is 15.5 Å². The minimum Gasteiger partial charge on any atom is -0.496 e. The highest BCUT2D eigenvalue weighted by atomic mass is 32.2. The number of aryl methyl sites for hydroxylation is 1. The van der Waals surface area contributed by atoms with E-state index in [9.17, 15) is 9.59 Å². The van der Waals surface area contributed by atoms with Gasteiger partial charge in [-0.3, -0.25) is 14.2 Å². The average molecular weight is 519 g/mol. The summed E-state index contributed by atoms with van der Waals surface area (Å²) in [6.07, 6.45) is 1.44. The standard InChI is InChI=1S/C27H26N4O5S/c1-17-9-11-18(12-10-17)31-26(33)20-7-5-6-8-22(20)29-27(31)37-16-25(32)30-28-15-21-23(35-3)13-19(34-2)14-24(21)36-4/h5-15H,16H2,1-4H3,(H,30,32)/b28-15+. The molecule has 9 nitrogen and oxygen atoms in total. The molecule has 0 atom stereocenters. The molecule has 3 aromatic carbocycles. The molecule has 4 rings (SSSR count). The number of para-hydroxylation sites is 1. The summed E-state index contributed by atoms with van der Waals surface area (Å²) < 4.78 is 17.6. The minimum atomic E-state index is -0.370. The summed E-state index contributed by atoms with van der Waals surface area (Å²) in [5, 5.41) is 4.97. The summed E-state index contributed by atoms with van der Waals surface area (Å²) in [7, 11) is 4.58. The highest BCUT2D eigenvalue weighted by Crippen LogP contribution is 2.32. The van der Waals surface area contributed by atoms with E-state index in [0.29, 0.717) is 44.6 Å². The number of carbonyl (C=O) groups excluding carboxylic acids is 1. The van der Waals surface area contributed by atoms with E-state index in [-0.39, 0.29) is 17.2 Å². The molecular formula is C27H26N4O5S. The second kappa shape index (κ2) is 11.6. The Balaban J connectivity index is 1.55. The predicted molar refractivity (Wildman–Crippen MR) is 145 cm³/mol. The van der Waals surface area contributed by atoms with E-state index in [1.54, 1.807) is 37.4 Å². The molecule has 10 heteroatoms. The number of hydrogen-bond acceptors (Lipinski definition) is 8. The van der Waals surface area contributed by atoms with Crippen LogP contribution in [-0.2, 0) is 4.79 Å². The van der Waals surface area contributed by atoms with Crippen molar-refractivity contribution in [3.05, 3.63) is 82.1 Å². The summed E-state index contributed by atoms with van der Waals surface area (Å²) >= 11 is 1.15. The number of hydrazone groups is 1. The zero-order valence-electron chi connectivity index (χ0n) is 20.8. The van der Waals surface area contributed by atoms with Gasteiger partial charge >= 0.3 is 0 Å². The number of hydrogen-bond donors (Lipinski definition) is 1. The van der Waals surface area contributed by atoms with Crippen molar-refractivity contribution >= 4 is 34.8 Å². The Kier molecular flexibility index (Phi) is 8.09. The molecule has 0 saturated heterocycles. The summed E-state index contributed by atoms with van der Waals surface area (Å²) in [6.45, 7) is 1.98. The maximum absolute atomic E-state index is 13.3. The van der Waals surface area contributed by atoms with E-state index in [1.807, 2.05) is 37.3 Å². The lowest BCUT2D eigenvalue weighted by molar-refractivity contribution is -0.118. The van der Waals surface area contributed by atoms with Crippen molar-refractivity contribution < 1.29 is 19.0 Å². The van der Waals surface area contributed by atoms with Crippen LogP contribution in [0, 0.1) is 6.92 Å². The monoisotopic (exact) mass is 518 g/mol. The number of aromatic nitrogens is 2. The normalized spacial score (nSPS) is 11.0. The molecule has 0 spiro atoms. The quantitative estimate of drug-likeness (QED) is 0.155. The van der Waals surface area contributed by atoms with Crippen molar-refractivity contribution in [2.24, 2.45) is 5.10 Å². The third-order valence-corrected chi connectivity index (χ3v) is 6.44. The Labute approximate surface area is 218 Å². The van der Waals surface area contributed by atoms with Gasteiger partial charge in [-0.2, -0.15) is 5.10 Å². The van der Waals surface area contributed by atoms with E-state index < -0.39 is 0 Å². The van der Waals surface area contributed by atoms with E-state index in [1.165, 1.54) is 25.0 Å². The number of ether oxygens (including phenoxy) is 3. The van der Waals surface area contributed by atoms with Gasteiger partial charge in [0.05, 0.1) is 55.5 Å². The fourth-order valence-corrected chi connectivity index (χ4v) is 4.43. The fraction of sp³-hybridized carbons (Fsp3) is 0.185. The van der Waals surface area contributed by atoms with Crippen LogP contribution in [-0.4, -0.2) is 48.8 Å². The Bertz CT molecular complexity index is 1490. The van der Waals surface area contributed by atoms with Crippen LogP contribution in [0.4, 0.5) is 0 Å². The lowest BCUT2D eigenvalue weighted by Crippen LogP contribution is -2.24. The van der Waals surface area contributed by atoms with Crippen molar-refractivity contribution in [1.82, 2.24) is 15.0 Å². The van der Waals surface area contributed by atoms with Crippen LogP contribution in [0.3, 0.4) is 0 Å². The second-order valence-corrected chi connectivity index (χ2v) is 8.86. The smallest absolute Gasteiger partial charge is 0.266 e. The van der Waals surface area contributed by atoms with Gasteiger partial charge in [0.25, 0.3) is 11.5 Å². The van der Waals surface area contributed by atoms with E-state index in [4.69, 9.17) is 14.2 Å². The Morgan fingerprint density at radius 2 is 1.70 bits per heavy atom. The molecule has 0 aliphatic heterocycles. The van der Waals surface area contributed by atoms with Crippen molar-refractivity contribution in [2.75, 3.05) is 27.1 Å². The first-order chi connectivity index (χ1) is 17.9. The number of nitrogens with zero attached hydrogens (tertiary/aromatic N) is 3. The number of rotatable bonds is 9. The number of benzene rings is 3. The van der Waals surface area contributed by atoms with Gasteiger partial charge < -0.3 is 14.2 Å². The lowest BCUT2D eigenvalue weighted by atomic mass is 10.2. The molecule has 0 aliphatic rings. The van der Waals surface area contributed by atoms with Crippen molar-refractivity contribution in [3.63, 3.8) is 0 Å². The van der Waals surface area contributed by atoms with Gasteiger partial charge in [0, 0.05) is 12.1 Å². The van der Waals surface area contributed by atoms with Crippen LogP contribution in [0.1, 0.15) is 11.1 Å². The van der Waals surface area contributed by atoms with E-state index >= 15 is 0 Å². The summed E-state index contributed by atoms with van der Waals surface area (Å²) in [4.78, 5) is 30.6. The molecule has 0 unspecified atom stereocenters. The molecule has 0 bridgehead atoms. The van der Waals surface area contributed by atoms with Crippen LogP contribution in [0.5, 0.6) is 17.2 Å². The van der Waals surface area contributed by atoms with Crippen LogP contribution < -0.4 is 25.2 Å².